The maximum Gasteiger partial charge on any atom is 0.349 e. The van der Waals surface area contributed by atoms with Gasteiger partial charge in [-0.3, -0.25) is 0 Å². The van der Waals surface area contributed by atoms with Crippen LogP contribution >= 0.6 is 0 Å². The molecule has 0 fully saturated rings. The fourth-order valence-corrected chi connectivity index (χ4v) is 5.49. The van der Waals surface area contributed by atoms with Gasteiger partial charge in [0.2, 0.25) is 0 Å². The van der Waals surface area contributed by atoms with Crippen molar-refractivity contribution in [2.45, 2.75) is 53.5 Å². The van der Waals surface area contributed by atoms with E-state index in [1.165, 1.54) is 19.3 Å². The van der Waals surface area contributed by atoms with Crippen LogP contribution in [0.3, 0.4) is 0 Å². The number of nitrogens with zero attached hydrogens (tertiary/aromatic N) is 2. The molecule has 0 atom stereocenters. The summed E-state index contributed by atoms with van der Waals surface area (Å²) < 4.78 is 12.1. The first-order valence-corrected chi connectivity index (χ1v) is 12.4. The van der Waals surface area contributed by atoms with Crippen LogP contribution in [0.2, 0.25) is 6.55 Å². The van der Waals surface area contributed by atoms with Crippen LogP contribution in [0.5, 0.6) is 0 Å². The standard InChI is InChI=1S/C18H43N3O2Si/c1-7-13-19-14-11-16-21(17-12-15-20(5)8-2)18-24(6,22-9-3)23-10-4/h19H,7-18H2,1-6H3. The molecule has 146 valence electrons. The van der Waals surface area contributed by atoms with Gasteiger partial charge in [0.15, 0.2) is 0 Å². The molecule has 0 amide bonds. The van der Waals surface area contributed by atoms with E-state index >= 15 is 0 Å². The molecule has 0 aromatic heterocycles. The topological polar surface area (TPSA) is 37.0 Å². The largest absolute Gasteiger partial charge is 0.394 e. The Morgan fingerprint density at radius 3 is 2.04 bits per heavy atom. The molecule has 0 unspecified atom stereocenters. The fraction of sp³-hybridized carbons (Fsp3) is 1.00. The lowest BCUT2D eigenvalue weighted by molar-refractivity contribution is 0.161. The molecular weight excluding hydrogens is 318 g/mol. The van der Waals surface area contributed by atoms with Crippen LogP contribution in [0.1, 0.15) is 47.0 Å². The molecule has 0 aromatic rings. The van der Waals surface area contributed by atoms with E-state index in [4.69, 9.17) is 8.85 Å². The molecule has 6 heteroatoms. The fourth-order valence-electron chi connectivity index (χ4n) is 2.87. The summed E-state index contributed by atoms with van der Waals surface area (Å²) in [7, 11) is 0.111. The molecule has 0 aliphatic carbocycles. The Bertz CT molecular complexity index is 277. The minimum atomic E-state index is -2.08. The highest BCUT2D eigenvalue weighted by Gasteiger charge is 2.33. The maximum absolute atomic E-state index is 6.04. The van der Waals surface area contributed by atoms with Gasteiger partial charge in [0.25, 0.3) is 0 Å². The summed E-state index contributed by atoms with van der Waals surface area (Å²) >= 11 is 0. The number of nitrogens with one attached hydrogen (secondary N) is 1. The van der Waals surface area contributed by atoms with Gasteiger partial charge in [-0.1, -0.05) is 13.8 Å². The third-order valence-electron chi connectivity index (χ3n) is 4.22. The molecule has 0 aromatic carbocycles. The second-order valence-electron chi connectivity index (χ2n) is 6.63. The SMILES string of the molecule is CCCNCCCN(CCCN(C)CC)C[Si](C)(OCC)OCC. The van der Waals surface area contributed by atoms with Crippen molar-refractivity contribution in [2.75, 3.05) is 65.7 Å². The van der Waals surface area contributed by atoms with Crippen molar-refractivity contribution >= 4 is 8.56 Å². The van der Waals surface area contributed by atoms with Gasteiger partial charge in [0.1, 0.15) is 0 Å². The zero-order valence-electron chi connectivity index (χ0n) is 17.2. The summed E-state index contributed by atoms with van der Waals surface area (Å²) in [5.41, 5.74) is 0. The van der Waals surface area contributed by atoms with Crippen molar-refractivity contribution in [3.8, 4) is 0 Å². The smallest absolute Gasteiger partial charge is 0.349 e. The van der Waals surface area contributed by atoms with E-state index in [0.29, 0.717) is 0 Å². The second kappa shape index (κ2) is 15.3. The third-order valence-corrected chi connectivity index (χ3v) is 7.04. The quantitative estimate of drug-likeness (QED) is 0.318. The normalized spacial score (nSPS) is 12.5. The predicted molar refractivity (Wildman–Crippen MR) is 107 cm³/mol. The van der Waals surface area contributed by atoms with Crippen LogP contribution in [0, 0.1) is 0 Å². The highest BCUT2D eigenvalue weighted by Crippen LogP contribution is 2.11. The van der Waals surface area contributed by atoms with E-state index in [1.54, 1.807) is 0 Å². The maximum atomic E-state index is 6.04. The van der Waals surface area contributed by atoms with Crippen LogP contribution in [0.25, 0.3) is 0 Å². The second-order valence-corrected chi connectivity index (χ2v) is 9.79. The molecule has 0 rings (SSSR count). The summed E-state index contributed by atoms with van der Waals surface area (Å²) in [4.78, 5) is 4.94. The third kappa shape index (κ3) is 12.4. The Hall–Kier alpha value is 0.0169. The molecule has 0 radical (unpaired) electrons. The molecule has 0 aliphatic rings. The monoisotopic (exact) mass is 361 g/mol. The van der Waals surface area contributed by atoms with Gasteiger partial charge in [-0.05, 0) is 86.0 Å². The molecule has 1 N–H and O–H groups in total. The zero-order chi connectivity index (χ0) is 18.3. The Morgan fingerprint density at radius 2 is 1.50 bits per heavy atom. The molecule has 5 nitrogen and oxygen atoms in total. The van der Waals surface area contributed by atoms with Crippen molar-refractivity contribution in [2.24, 2.45) is 0 Å². The number of rotatable bonds is 17. The minimum absolute atomic E-state index is 0.743. The summed E-state index contributed by atoms with van der Waals surface area (Å²) in [6, 6.07) is 0. The molecule has 0 bridgehead atoms. The van der Waals surface area contributed by atoms with E-state index in [2.05, 4.69) is 56.4 Å². The summed E-state index contributed by atoms with van der Waals surface area (Å²) in [6.07, 6.45) is 4.56. The van der Waals surface area contributed by atoms with Crippen molar-refractivity contribution in [3.05, 3.63) is 0 Å². The van der Waals surface area contributed by atoms with Crippen LogP contribution in [0.15, 0.2) is 0 Å². The first kappa shape index (κ1) is 24.0. The highest BCUT2D eigenvalue weighted by atomic mass is 28.4. The van der Waals surface area contributed by atoms with E-state index in [-0.39, 0.29) is 0 Å². The van der Waals surface area contributed by atoms with Crippen molar-refractivity contribution in [3.63, 3.8) is 0 Å². The minimum Gasteiger partial charge on any atom is -0.394 e. The first-order chi connectivity index (χ1) is 11.5. The van der Waals surface area contributed by atoms with Gasteiger partial charge >= 0.3 is 8.56 Å². The summed E-state index contributed by atoms with van der Waals surface area (Å²) in [5.74, 6) is 0. The molecule has 0 saturated carbocycles. The number of hydrogen-bond acceptors (Lipinski definition) is 5. The van der Waals surface area contributed by atoms with Crippen LogP contribution < -0.4 is 5.32 Å². The molecule has 0 aliphatic heterocycles. The van der Waals surface area contributed by atoms with Gasteiger partial charge in [-0.2, -0.15) is 0 Å². The lowest BCUT2D eigenvalue weighted by atomic mass is 10.3. The van der Waals surface area contributed by atoms with Gasteiger partial charge < -0.3 is 24.0 Å². The molecule has 24 heavy (non-hydrogen) atoms. The van der Waals surface area contributed by atoms with Crippen LogP contribution in [-0.4, -0.2) is 84.1 Å². The number of hydrogen-bond donors (Lipinski definition) is 1. The zero-order valence-corrected chi connectivity index (χ0v) is 18.2. The summed E-state index contributed by atoms with van der Waals surface area (Å²) in [6.45, 7) is 19.0. The average Bonchev–Trinajstić information content (AvgIpc) is 2.54. The van der Waals surface area contributed by atoms with Gasteiger partial charge in [-0.25, -0.2) is 0 Å². The predicted octanol–water partition coefficient (Wildman–Crippen LogP) is 2.70. The van der Waals surface area contributed by atoms with E-state index in [0.717, 1.165) is 58.7 Å². The Balaban J connectivity index is 4.46. The van der Waals surface area contributed by atoms with E-state index in [9.17, 15) is 0 Å². The molecule has 0 saturated heterocycles. The van der Waals surface area contributed by atoms with Crippen molar-refractivity contribution in [1.82, 2.24) is 15.1 Å². The first-order valence-electron chi connectivity index (χ1n) is 9.90. The lowest BCUT2D eigenvalue weighted by Gasteiger charge is -2.33. The van der Waals surface area contributed by atoms with Gasteiger partial charge in [0.05, 0.1) is 0 Å². The van der Waals surface area contributed by atoms with E-state index in [1.807, 2.05) is 0 Å². The van der Waals surface area contributed by atoms with Crippen molar-refractivity contribution < 1.29 is 8.85 Å². The molecular formula is C18H43N3O2Si. The average molecular weight is 362 g/mol. The van der Waals surface area contributed by atoms with Gasteiger partial charge in [-0.15, -0.1) is 0 Å². The van der Waals surface area contributed by atoms with E-state index < -0.39 is 8.56 Å². The lowest BCUT2D eigenvalue weighted by Crippen LogP contribution is -2.51. The summed E-state index contributed by atoms with van der Waals surface area (Å²) in [5, 5.41) is 3.50. The highest BCUT2D eigenvalue weighted by molar-refractivity contribution is 6.66. The van der Waals surface area contributed by atoms with Crippen molar-refractivity contribution in [1.29, 1.82) is 0 Å². The Morgan fingerprint density at radius 1 is 0.875 bits per heavy atom. The van der Waals surface area contributed by atoms with Crippen LogP contribution in [0.4, 0.5) is 0 Å². The molecule has 0 heterocycles. The molecule has 0 spiro atoms. The van der Waals surface area contributed by atoms with Crippen LogP contribution in [-0.2, 0) is 8.85 Å². The van der Waals surface area contributed by atoms with Gasteiger partial charge in [0, 0.05) is 19.4 Å². The Kier molecular flexibility index (Phi) is 15.3. The Labute approximate surface area is 152 Å².